The summed E-state index contributed by atoms with van der Waals surface area (Å²) in [5.41, 5.74) is 0. The fourth-order valence-electron chi connectivity index (χ4n) is 1.91. The average Bonchev–Trinajstić information content (AvgIpc) is 2.17. The van der Waals surface area contributed by atoms with Crippen molar-refractivity contribution in [2.24, 2.45) is 5.92 Å². The molecule has 1 fully saturated rings. The van der Waals surface area contributed by atoms with Crippen LogP contribution in [0.4, 0.5) is 0 Å². The molecule has 3 heteroatoms. The summed E-state index contributed by atoms with van der Waals surface area (Å²) in [5, 5.41) is 6.23. The van der Waals surface area contributed by atoms with Crippen LogP contribution in [0, 0.1) is 5.92 Å². The Morgan fingerprint density at radius 2 is 2.43 bits per heavy atom. The normalized spacial score (nSPS) is 24.4. The van der Waals surface area contributed by atoms with Gasteiger partial charge in [-0.15, -0.1) is 0 Å². The molecule has 0 aromatic carbocycles. The summed E-state index contributed by atoms with van der Waals surface area (Å²) in [6, 6.07) is 0.0584. The summed E-state index contributed by atoms with van der Waals surface area (Å²) in [4.78, 5) is 11.4. The van der Waals surface area contributed by atoms with Gasteiger partial charge in [0.2, 0.25) is 5.91 Å². The van der Waals surface area contributed by atoms with Gasteiger partial charge in [-0.1, -0.05) is 20.3 Å². The van der Waals surface area contributed by atoms with Gasteiger partial charge >= 0.3 is 0 Å². The summed E-state index contributed by atoms with van der Waals surface area (Å²) < 4.78 is 0. The highest BCUT2D eigenvalue weighted by Crippen LogP contribution is 2.06. The topological polar surface area (TPSA) is 41.1 Å². The maximum atomic E-state index is 11.4. The number of hydrogen-bond donors (Lipinski definition) is 2. The Labute approximate surface area is 86.6 Å². The highest BCUT2D eigenvalue weighted by Gasteiger charge is 2.21. The molecule has 0 aromatic rings. The summed E-state index contributed by atoms with van der Waals surface area (Å²) in [6.45, 7) is 6.24. The molecule has 2 N–H and O–H groups in total. The van der Waals surface area contributed by atoms with Crippen molar-refractivity contribution in [3.63, 3.8) is 0 Å². The number of piperidine rings is 1. The number of amides is 1. The lowest BCUT2D eigenvalue weighted by atomic mass is 10.0. The van der Waals surface area contributed by atoms with Crippen LogP contribution in [0.2, 0.25) is 0 Å². The summed E-state index contributed by atoms with van der Waals surface area (Å²) in [5.74, 6) is 0.856. The largest absolute Gasteiger partial charge is 0.355 e. The lowest BCUT2D eigenvalue weighted by Gasteiger charge is -2.24. The van der Waals surface area contributed by atoms with E-state index in [0.717, 1.165) is 25.9 Å². The van der Waals surface area contributed by atoms with Crippen LogP contribution in [0.5, 0.6) is 0 Å². The molecule has 2 atom stereocenters. The number of carbonyl (C=O) groups excluding carboxylic acids is 1. The van der Waals surface area contributed by atoms with E-state index in [9.17, 15) is 4.79 Å². The van der Waals surface area contributed by atoms with Crippen molar-refractivity contribution in [3.8, 4) is 0 Å². The molecule has 0 spiro atoms. The molecule has 2 unspecified atom stereocenters. The first-order valence-electron chi connectivity index (χ1n) is 5.75. The van der Waals surface area contributed by atoms with Gasteiger partial charge in [-0.25, -0.2) is 0 Å². The molecule has 0 aromatic heterocycles. The Balaban J connectivity index is 2.19. The first-order chi connectivity index (χ1) is 6.74. The van der Waals surface area contributed by atoms with Crippen LogP contribution >= 0.6 is 0 Å². The van der Waals surface area contributed by atoms with Gasteiger partial charge < -0.3 is 10.6 Å². The number of carbonyl (C=O) groups is 1. The zero-order valence-electron chi connectivity index (χ0n) is 9.31. The minimum Gasteiger partial charge on any atom is -0.355 e. The zero-order valence-corrected chi connectivity index (χ0v) is 9.31. The fourth-order valence-corrected chi connectivity index (χ4v) is 1.91. The number of rotatable bonds is 5. The van der Waals surface area contributed by atoms with Crippen LogP contribution in [0.15, 0.2) is 0 Å². The molecule has 82 valence electrons. The standard InChI is InChI=1S/C11H22N2O/c1-3-5-9(2)8-13-10-6-4-7-12-11(10)14/h9-10,13H,3-8H2,1-2H3,(H,12,14). The minimum atomic E-state index is 0.0584. The second kappa shape index (κ2) is 6.02. The number of nitrogens with one attached hydrogen (secondary N) is 2. The van der Waals surface area contributed by atoms with Crippen LogP contribution in [0.1, 0.15) is 39.5 Å². The lowest BCUT2D eigenvalue weighted by molar-refractivity contribution is -0.124. The van der Waals surface area contributed by atoms with Crippen LogP contribution in [-0.2, 0) is 4.79 Å². The van der Waals surface area contributed by atoms with Gasteiger partial charge in [-0.2, -0.15) is 0 Å². The second-order valence-corrected chi connectivity index (χ2v) is 4.29. The first kappa shape index (κ1) is 11.5. The van der Waals surface area contributed by atoms with Gasteiger partial charge in [-0.3, -0.25) is 4.79 Å². The van der Waals surface area contributed by atoms with E-state index in [1.807, 2.05) is 0 Å². The van der Waals surface area contributed by atoms with Crippen LogP contribution in [-0.4, -0.2) is 25.0 Å². The molecule has 0 saturated carbocycles. The Kier molecular flexibility index (Phi) is 4.94. The van der Waals surface area contributed by atoms with E-state index >= 15 is 0 Å². The van der Waals surface area contributed by atoms with Crippen molar-refractivity contribution in [2.75, 3.05) is 13.1 Å². The molecule has 0 aliphatic carbocycles. The summed E-state index contributed by atoms with van der Waals surface area (Å²) in [7, 11) is 0. The quantitative estimate of drug-likeness (QED) is 0.699. The molecule has 1 aliphatic heterocycles. The van der Waals surface area contributed by atoms with Gasteiger partial charge in [0.1, 0.15) is 0 Å². The molecule has 1 rings (SSSR count). The van der Waals surface area contributed by atoms with Gasteiger partial charge in [0.15, 0.2) is 0 Å². The van der Waals surface area contributed by atoms with E-state index < -0.39 is 0 Å². The van der Waals surface area contributed by atoms with Gasteiger partial charge in [0.05, 0.1) is 6.04 Å². The smallest absolute Gasteiger partial charge is 0.237 e. The van der Waals surface area contributed by atoms with Crippen LogP contribution < -0.4 is 10.6 Å². The summed E-state index contributed by atoms with van der Waals surface area (Å²) >= 11 is 0. The highest BCUT2D eigenvalue weighted by atomic mass is 16.2. The SMILES string of the molecule is CCCC(C)CNC1CCCNC1=O. The molecular weight excluding hydrogens is 176 g/mol. The fraction of sp³-hybridized carbons (Fsp3) is 0.909. The minimum absolute atomic E-state index is 0.0584. The van der Waals surface area contributed by atoms with E-state index in [1.54, 1.807) is 0 Å². The second-order valence-electron chi connectivity index (χ2n) is 4.29. The molecule has 14 heavy (non-hydrogen) atoms. The molecule has 1 heterocycles. The van der Waals surface area contributed by atoms with Crippen molar-refractivity contribution in [1.82, 2.24) is 10.6 Å². The van der Waals surface area contributed by atoms with E-state index in [4.69, 9.17) is 0 Å². The Hall–Kier alpha value is -0.570. The van der Waals surface area contributed by atoms with E-state index in [1.165, 1.54) is 12.8 Å². The molecule has 1 amide bonds. The maximum Gasteiger partial charge on any atom is 0.237 e. The van der Waals surface area contributed by atoms with E-state index in [0.29, 0.717) is 5.92 Å². The van der Waals surface area contributed by atoms with Crippen molar-refractivity contribution >= 4 is 5.91 Å². The molecule has 0 radical (unpaired) electrons. The monoisotopic (exact) mass is 198 g/mol. The van der Waals surface area contributed by atoms with Gasteiger partial charge in [0, 0.05) is 6.54 Å². The Morgan fingerprint density at radius 1 is 1.64 bits per heavy atom. The lowest BCUT2D eigenvalue weighted by Crippen LogP contribution is -2.49. The van der Waals surface area contributed by atoms with E-state index in [2.05, 4.69) is 24.5 Å². The number of hydrogen-bond acceptors (Lipinski definition) is 2. The van der Waals surface area contributed by atoms with Crippen molar-refractivity contribution in [3.05, 3.63) is 0 Å². The third kappa shape index (κ3) is 3.66. The molecular formula is C11H22N2O. The zero-order chi connectivity index (χ0) is 10.4. The third-order valence-electron chi connectivity index (χ3n) is 2.78. The van der Waals surface area contributed by atoms with Gasteiger partial charge in [0.25, 0.3) is 0 Å². The Bertz CT molecular complexity index is 182. The maximum absolute atomic E-state index is 11.4. The van der Waals surface area contributed by atoms with Crippen molar-refractivity contribution < 1.29 is 4.79 Å². The van der Waals surface area contributed by atoms with Crippen LogP contribution in [0.25, 0.3) is 0 Å². The third-order valence-corrected chi connectivity index (χ3v) is 2.78. The summed E-state index contributed by atoms with van der Waals surface area (Å²) in [6.07, 6.45) is 4.55. The molecule has 3 nitrogen and oxygen atoms in total. The molecule has 1 aliphatic rings. The first-order valence-corrected chi connectivity index (χ1v) is 5.75. The van der Waals surface area contributed by atoms with Crippen molar-refractivity contribution in [1.29, 1.82) is 0 Å². The van der Waals surface area contributed by atoms with Crippen molar-refractivity contribution in [2.45, 2.75) is 45.6 Å². The average molecular weight is 198 g/mol. The highest BCUT2D eigenvalue weighted by molar-refractivity contribution is 5.82. The molecule has 1 saturated heterocycles. The van der Waals surface area contributed by atoms with Crippen LogP contribution in [0.3, 0.4) is 0 Å². The molecule has 0 bridgehead atoms. The van der Waals surface area contributed by atoms with E-state index in [-0.39, 0.29) is 11.9 Å². The predicted octanol–water partition coefficient (Wildman–Crippen LogP) is 1.29. The Morgan fingerprint density at radius 3 is 3.07 bits per heavy atom. The predicted molar refractivity (Wildman–Crippen MR) is 58.1 cm³/mol. The van der Waals surface area contributed by atoms with Gasteiger partial charge in [-0.05, 0) is 31.7 Å².